The summed E-state index contributed by atoms with van der Waals surface area (Å²) >= 11 is 0. The van der Waals surface area contributed by atoms with Crippen molar-refractivity contribution in [3.05, 3.63) is 65.7 Å². The van der Waals surface area contributed by atoms with Gasteiger partial charge in [0.15, 0.2) is 0 Å². The van der Waals surface area contributed by atoms with E-state index in [1.807, 2.05) is 42.5 Å². The van der Waals surface area contributed by atoms with Gasteiger partial charge in [-0.15, -0.1) is 0 Å². The fraction of sp³-hybridized carbons (Fsp3) is 0.409. The van der Waals surface area contributed by atoms with Gasteiger partial charge in [0.2, 0.25) is 5.91 Å². The van der Waals surface area contributed by atoms with Crippen molar-refractivity contribution in [3.63, 3.8) is 0 Å². The SMILES string of the molecule is O=C(NCCN1CCCCC1)C(Cc1ccc(O)cc1)c1ccccc1. The Morgan fingerprint density at radius 1 is 1.00 bits per heavy atom. The van der Waals surface area contributed by atoms with Crippen LogP contribution >= 0.6 is 0 Å². The third kappa shape index (κ3) is 5.33. The minimum atomic E-state index is -0.220. The summed E-state index contributed by atoms with van der Waals surface area (Å²) in [7, 11) is 0. The number of nitrogens with zero attached hydrogens (tertiary/aromatic N) is 1. The van der Waals surface area contributed by atoms with Crippen molar-refractivity contribution >= 4 is 5.91 Å². The number of piperidine rings is 1. The number of amides is 1. The van der Waals surface area contributed by atoms with Gasteiger partial charge in [-0.25, -0.2) is 0 Å². The van der Waals surface area contributed by atoms with Crippen LogP contribution in [0.1, 0.15) is 36.3 Å². The van der Waals surface area contributed by atoms with Gasteiger partial charge in [0.25, 0.3) is 0 Å². The lowest BCUT2D eigenvalue weighted by atomic mass is 9.91. The first kappa shape index (κ1) is 18.5. The van der Waals surface area contributed by atoms with Gasteiger partial charge >= 0.3 is 0 Å². The standard InChI is InChI=1S/C22H28N2O2/c25-20-11-9-18(10-12-20)17-21(19-7-3-1-4-8-19)22(26)23-13-16-24-14-5-2-6-15-24/h1,3-4,7-12,21,25H,2,5-6,13-17H2,(H,23,26). The fourth-order valence-corrected chi connectivity index (χ4v) is 3.56. The first-order chi connectivity index (χ1) is 12.7. The number of nitrogens with one attached hydrogen (secondary N) is 1. The number of phenols is 1. The van der Waals surface area contributed by atoms with E-state index in [9.17, 15) is 9.90 Å². The Kier molecular flexibility index (Phi) is 6.67. The maximum atomic E-state index is 12.9. The molecule has 1 fully saturated rings. The molecule has 2 N–H and O–H groups in total. The third-order valence-corrected chi connectivity index (χ3v) is 5.07. The summed E-state index contributed by atoms with van der Waals surface area (Å²) in [4.78, 5) is 15.3. The van der Waals surface area contributed by atoms with Crippen molar-refractivity contribution in [3.8, 4) is 5.75 Å². The Morgan fingerprint density at radius 2 is 1.69 bits per heavy atom. The summed E-state index contributed by atoms with van der Waals surface area (Å²) < 4.78 is 0. The lowest BCUT2D eigenvalue weighted by Gasteiger charge is -2.26. The fourth-order valence-electron chi connectivity index (χ4n) is 3.56. The number of benzene rings is 2. The van der Waals surface area contributed by atoms with Crippen molar-refractivity contribution in [2.45, 2.75) is 31.6 Å². The minimum absolute atomic E-state index is 0.0706. The molecular formula is C22H28N2O2. The van der Waals surface area contributed by atoms with Crippen LogP contribution in [0.15, 0.2) is 54.6 Å². The van der Waals surface area contributed by atoms with Crippen molar-refractivity contribution in [1.82, 2.24) is 10.2 Å². The van der Waals surface area contributed by atoms with Gasteiger partial charge in [-0.2, -0.15) is 0 Å². The predicted octanol–water partition coefficient (Wildman–Crippen LogP) is 3.32. The molecule has 138 valence electrons. The molecule has 1 amide bonds. The van der Waals surface area contributed by atoms with E-state index in [0.717, 1.165) is 30.8 Å². The molecule has 1 saturated heterocycles. The minimum Gasteiger partial charge on any atom is -0.508 e. The summed E-state index contributed by atoms with van der Waals surface area (Å²) in [6, 6.07) is 17.0. The molecule has 4 heteroatoms. The lowest BCUT2D eigenvalue weighted by Crippen LogP contribution is -2.39. The van der Waals surface area contributed by atoms with Gasteiger partial charge in [0.1, 0.15) is 5.75 Å². The van der Waals surface area contributed by atoms with Crippen LogP contribution in [0.5, 0.6) is 5.75 Å². The molecule has 0 bridgehead atoms. The number of aromatic hydroxyl groups is 1. The molecule has 2 aromatic carbocycles. The predicted molar refractivity (Wildman–Crippen MR) is 104 cm³/mol. The second-order valence-corrected chi connectivity index (χ2v) is 7.03. The van der Waals surface area contributed by atoms with E-state index < -0.39 is 0 Å². The van der Waals surface area contributed by atoms with E-state index in [1.54, 1.807) is 12.1 Å². The average molecular weight is 352 g/mol. The van der Waals surface area contributed by atoms with E-state index in [-0.39, 0.29) is 17.6 Å². The number of hydrogen-bond acceptors (Lipinski definition) is 3. The van der Waals surface area contributed by atoms with Crippen LogP contribution in [0.4, 0.5) is 0 Å². The van der Waals surface area contributed by atoms with Gasteiger partial charge in [-0.05, 0) is 55.6 Å². The van der Waals surface area contributed by atoms with Gasteiger partial charge in [0, 0.05) is 13.1 Å². The Balaban J connectivity index is 1.62. The molecule has 1 atom stereocenters. The van der Waals surface area contributed by atoms with Gasteiger partial charge in [0.05, 0.1) is 5.92 Å². The summed E-state index contributed by atoms with van der Waals surface area (Å²) in [5.41, 5.74) is 2.07. The highest BCUT2D eigenvalue weighted by Crippen LogP contribution is 2.22. The largest absolute Gasteiger partial charge is 0.508 e. The zero-order valence-electron chi connectivity index (χ0n) is 15.2. The molecule has 1 heterocycles. The second-order valence-electron chi connectivity index (χ2n) is 7.03. The van der Waals surface area contributed by atoms with Crippen LogP contribution in [0.25, 0.3) is 0 Å². The molecule has 0 radical (unpaired) electrons. The van der Waals surface area contributed by atoms with E-state index >= 15 is 0 Å². The molecule has 1 aliphatic rings. The molecule has 1 unspecified atom stereocenters. The number of carbonyl (C=O) groups is 1. The van der Waals surface area contributed by atoms with Crippen LogP contribution in [0.3, 0.4) is 0 Å². The van der Waals surface area contributed by atoms with Crippen LogP contribution in [0, 0.1) is 0 Å². The van der Waals surface area contributed by atoms with Crippen molar-refractivity contribution in [2.24, 2.45) is 0 Å². The first-order valence-electron chi connectivity index (χ1n) is 9.55. The number of rotatable bonds is 7. The highest BCUT2D eigenvalue weighted by atomic mass is 16.3. The summed E-state index contributed by atoms with van der Waals surface area (Å²) in [6.45, 7) is 3.90. The maximum absolute atomic E-state index is 12.9. The Bertz CT molecular complexity index is 679. The van der Waals surface area contributed by atoms with Gasteiger partial charge in [-0.1, -0.05) is 48.9 Å². The molecular weight excluding hydrogens is 324 g/mol. The van der Waals surface area contributed by atoms with Gasteiger partial charge < -0.3 is 15.3 Å². The van der Waals surface area contributed by atoms with E-state index in [2.05, 4.69) is 10.2 Å². The second kappa shape index (κ2) is 9.39. The van der Waals surface area contributed by atoms with E-state index in [0.29, 0.717) is 13.0 Å². The van der Waals surface area contributed by atoms with Crippen molar-refractivity contribution < 1.29 is 9.90 Å². The highest BCUT2D eigenvalue weighted by Gasteiger charge is 2.21. The van der Waals surface area contributed by atoms with Gasteiger partial charge in [-0.3, -0.25) is 4.79 Å². The molecule has 4 nitrogen and oxygen atoms in total. The molecule has 0 aliphatic carbocycles. The quantitative estimate of drug-likeness (QED) is 0.804. The van der Waals surface area contributed by atoms with Crippen LogP contribution in [-0.2, 0) is 11.2 Å². The molecule has 0 spiro atoms. The first-order valence-corrected chi connectivity index (χ1v) is 9.55. The summed E-state index contributed by atoms with van der Waals surface area (Å²) in [6.07, 6.45) is 4.48. The lowest BCUT2D eigenvalue weighted by molar-refractivity contribution is -0.122. The highest BCUT2D eigenvalue weighted by molar-refractivity contribution is 5.84. The number of phenolic OH excluding ortho intramolecular Hbond substituents is 1. The molecule has 1 aliphatic heterocycles. The molecule has 0 saturated carbocycles. The van der Waals surface area contributed by atoms with Crippen LogP contribution < -0.4 is 5.32 Å². The van der Waals surface area contributed by atoms with E-state index in [1.165, 1.54) is 19.3 Å². The zero-order chi connectivity index (χ0) is 18.2. The maximum Gasteiger partial charge on any atom is 0.227 e. The van der Waals surface area contributed by atoms with Crippen molar-refractivity contribution in [2.75, 3.05) is 26.2 Å². The topological polar surface area (TPSA) is 52.6 Å². The molecule has 26 heavy (non-hydrogen) atoms. The average Bonchev–Trinajstić information content (AvgIpc) is 2.69. The number of hydrogen-bond donors (Lipinski definition) is 2. The van der Waals surface area contributed by atoms with Crippen LogP contribution in [-0.4, -0.2) is 42.1 Å². The third-order valence-electron chi connectivity index (χ3n) is 5.07. The molecule has 3 rings (SSSR count). The normalized spacial score (nSPS) is 16.2. The zero-order valence-corrected chi connectivity index (χ0v) is 15.2. The Hall–Kier alpha value is -2.33. The monoisotopic (exact) mass is 352 g/mol. The molecule has 2 aromatic rings. The summed E-state index contributed by atoms with van der Waals surface area (Å²) in [5, 5.41) is 12.6. The number of likely N-dealkylation sites (tertiary alicyclic amines) is 1. The number of carbonyl (C=O) groups excluding carboxylic acids is 1. The summed E-state index contributed by atoms with van der Waals surface area (Å²) in [5.74, 6) is 0.0966. The Morgan fingerprint density at radius 3 is 2.38 bits per heavy atom. The molecule has 0 aromatic heterocycles. The Labute approximate surface area is 155 Å². The van der Waals surface area contributed by atoms with E-state index in [4.69, 9.17) is 0 Å². The van der Waals surface area contributed by atoms with Crippen LogP contribution in [0.2, 0.25) is 0 Å². The smallest absolute Gasteiger partial charge is 0.227 e. The van der Waals surface area contributed by atoms with Crippen molar-refractivity contribution in [1.29, 1.82) is 0 Å².